The molecule has 0 aliphatic rings. The summed E-state index contributed by atoms with van der Waals surface area (Å²) < 4.78 is 24.4. The summed E-state index contributed by atoms with van der Waals surface area (Å²) in [5.74, 6) is -0.238. The number of hydrogen-bond donors (Lipinski definition) is 1. The molecule has 1 amide bonds. The zero-order valence-electron chi connectivity index (χ0n) is 24.0. The van der Waals surface area contributed by atoms with Crippen molar-refractivity contribution in [2.45, 2.75) is 38.7 Å². The predicted molar refractivity (Wildman–Crippen MR) is 154 cm³/mol. The number of carbonyl (C=O) groups excluding carboxylic acids is 2. The number of hydrogen-bond acceptors (Lipinski definition) is 4. The highest BCUT2D eigenvalue weighted by atomic mass is 16.5. The molecule has 0 spiro atoms. The Bertz CT molecular complexity index is 1410. The highest BCUT2D eigenvalue weighted by molar-refractivity contribution is 5.94. The second kappa shape index (κ2) is 14.6. The van der Waals surface area contributed by atoms with E-state index in [1.165, 1.54) is 4.90 Å². The lowest BCUT2D eigenvalue weighted by Crippen LogP contribution is -2.30. The third kappa shape index (κ3) is 8.39. The molecule has 0 fully saturated rings. The Hall–Kier alpha value is -4.22. The van der Waals surface area contributed by atoms with Crippen molar-refractivity contribution in [3.05, 3.63) is 126 Å². The molecule has 0 aromatic heterocycles. The lowest BCUT2D eigenvalue weighted by atomic mass is 10.0. The minimum atomic E-state index is -2.19. The number of unbranched alkanes of at least 4 members (excludes halogenated alkanes) is 2. The van der Waals surface area contributed by atoms with E-state index in [0.717, 1.165) is 23.1 Å². The maximum absolute atomic E-state index is 13.9. The van der Waals surface area contributed by atoms with Crippen LogP contribution in [0.4, 0.5) is 0 Å². The summed E-state index contributed by atoms with van der Waals surface area (Å²) >= 11 is 0. The monoisotopic (exact) mass is 523 g/mol. The van der Waals surface area contributed by atoms with Crippen molar-refractivity contribution in [3.8, 4) is 16.9 Å². The Morgan fingerprint density at radius 1 is 0.744 bits per heavy atom. The number of Topliss-reactive ketones (excluding diaryl/α,β-unsaturated/α-hetero) is 1. The van der Waals surface area contributed by atoms with Gasteiger partial charge >= 0.3 is 0 Å². The summed E-state index contributed by atoms with van der Waals surface area (Å²) in [6.45, 7) is -2.21. The number of aliphatic hydroxyl groups is 1. The Labute approximate surface area is 233 Å². The highest BCUT2D eigenvalue weighted by Crippen LogP contribution is 2.24. The van der Waals surface area contributed by atoms with E-state index >= 15 is 0 Å². The average Bonchev–Trinajstić information content (AvgIpc) is 3.02. The first-order chi connectivity index (χ1) is 19.9. The van der Waals surface area contributed by atoms with Crippen molar-refractivity contribution in [2.75, 3.05) is 13.2 Å². The van der Waals surface area contributed by atoms with Crippen LogP contribution in [0.1, 0.15) is 49.9 Å². The van der Waals surface area contributed by atoms with Gasteiger partial charge in [-0.3, -0.25) is 9.59 Å². The molecule has 1 N–H and O–H groups in total. The van der Waals surface area contributed by atoms with Gasteiger partial charge in [-0.25, -0.2) is 0 Å². The van der Waals surface area contributed by atoms with Crippen LogP contribution in [0.15, 0.2) is 109 Å². The van der Waals surface area contributed by atoms with Gasteiger partial charge in [0.2, 0.25) is 0 Å². The maximum atomic E-state index is 13.9. The zero-order chi connectivity index (χ0) is 29.1. The molecule has 0 radical (unpaired) electrons. The first-order valence-electron chi connectivity index (χ1n) is 14.3. The van der Waals surface area contributed by atoms with Crippen LogP contribution in [0.3, 0.4) is 0 Å². The Morgan fingerprint density at radius 3 is 2.10 bits per heavy atom. The molecule has 4 aromatic rings. The van der Waals surface area contributed by atoms with Gasteiger partial charge < -0.3 is 14.7 Å². The Balaban J connectivity index is 1.57. The number of rotatable bonds is 14. The molecule has 0 unspecified atom stereocenters. The largest absolute Gasteiger partial charge is 0.493 e. The molecule has 0 aliphatic carbocycles. The van der Waals surface area contributed by atoms with Gasteiger partial charge in [0.15, 0.2) is 5.78 Å². The van der Waals surface area contributed by atoms with Crippen LogP contribution in [0.2, 0.25) is 0 Å². The first-order valence-corrected chi connectivity index (χ1v) is 13.3. The molecule has 0 bridgehead atoms. The normalized spacial score (nSPS) is 11.8. The van der Waals surface area contributed by atoms with E-state index in [2.05, 4.69) is 0 Å². The molecule has 5 nitrogen and oxygen atoms in total. The fourth-order valence-electron chi connectivity index (χ4n) is 4.21. The quantitative estimate of drug-likeness (QED) is 0.187. The molecule has 4 rings (SSSR count). The van der Waals surface area contributed by atoms with Gasteiger partial charge in [-0.2, -0.15) is 0 Å². The van der Waals surface area contributed by atoms with Gasteiger partial charge in [0.1, 0.15) is 12.4 Å². The topological polar surface area (TPSA) is 66.8 Å². The number of ketones is 1. The average molecular weight is 524 g/mol. The Morgan fingerprint density at radius 2 is 1.38 bits per heavy atom. The van der Waals surface area contributed by atoms with E-state index in [1.54, 1.807) is 36.4 Å². The van der Waals surface area contributed by atoms with E-state index in [1.807, 2.05) is 72.8 Å². The van der Waals surface area contributed by atoms with E-state index in [-0.39, 0.29) is 17.9 Å². The van der Waals surface area contributed by atoms with Crippen molar-refractivity contribution in [1.29, 1.82) is 0 Å². The van der Waals surface area contributed by atoms with Crippen LogP contribution >= 0.6 is 0 Å². The summed E-state index contributed by atoms with van der Waals surface area (Å²) in [5.41, 5.74) is 3.47. The van der Waals surface area contributed by atoms with Crippen LogP contribution < -0.4 is 4.74 Å². The molecule has 39 heavy (non-hydrogen) atoms. The highest BCUT2D eigenvalue weighted by Gasteiger charge is 2.19. The van der Waals surface area contributed by atoms with Crippen LogP contribution in [-0.2, 0) is 17.8 Å². The zero-order valence-corrected chi connectivity index (χ0v) is 22.0. The lowest BCUT2D eigenvalue weighted by molar-refractivity contribution is -0.121. The summed E-state index contributed by atoms with van der Waals surface area (Å²) in [6, 6.07) is 33.4. The number of benzene rings is 4. The minimum Gasteiger partial charge on any atom is -0.493 e. The number of carbonyl (C=O) groups is 2. The van der Waals surface area contributed by atoms with Gasteiger partial charge in [0, 0.05) is 30.6 Å². The van der Waals surface area contributed by atoms with Crippen LogP contribution in [-0.4, -0.2) is 34.9 Å². The van der Waals surface area contributed by atoms with E-state index < -0.39 is 19.0 Å². The van der Waals surface area contributed by atoms with Crippen molar-refractivity contribution >= 4 is 11.7 Å². The standard InChI is InChI=1S/C34H35NO4/c36-26-32(37)17-8-3-11-23-39-33-18-10-9-16-31(33)25-35(24-27-12-4-1-5-13-27)34(38)30-21-19-29(20-22-30)28-14-6-2-7-15-28/h1-2,4-7,9-10,12-16,18-22,36H,3,8,11,17,23-26H2/i25D2. The molecule has 0 saturated heterocycles. The number of ether oxygens (including phenoxy) is 1. The molecule has 0 saturated carbocycles. The predicted octanol–water partition coefficient (Wildman–Crippen LogP) is 6.70. The van der Waals surface area contributed by atoms with E-state index in [9.17, 15) is 12.3 Å². The van der Waals surface area contributed by atoms with Gasteiger partial charge in [0.25, 0.3) is 5.91 Å². The fraction of sp³-hybridized carbons (Fsp3) is 0.235. The minimum absolute atomic E-state index is 0.0698. The molecule has 0 atom stereocenters. The fourth-order valence-corrected chi connectivity index (χ4v) is 4.21. The van der Waals surface area contributed by atoms with E-state index in [0.29, 0.717) is 37.2 Å². The van der Waals surface area contributed by atoms with Gasteiger partial charge in [0.05, 0.1) is 9.35 Å². The van der Waals surface area contributed by atoms with Crippen molar-refractivity contribution < 1.29 is 22.2 Å². The molecule has 0 heterocycles. The summed E-state index contributed by atoms with van der Waals surface area (Å²) in [4.78, 5) is 26.5. The smallest absolute Gasteiger partial charge is 0.254 e. The third-order valence-electron chi connectivity index (χ3n) is 6.34. The first kappa shape index (κ1) is 25.1. The molecule has 0 aliphatic heterocycles. The maximum Gasteiger partial charge on any atom is 0.254 e. The van der Waals surface area contributed by atoms with Crippen molar-refractivity contribution in [1.82, 2.24) is 4.90 Å². The molecular formula is C34H35NO4. The SMILES string of the molecule is [2H]C([2H])(c1ccccc1OCCCCCC(=O)CO)N(Cc1ccccc1)C(=O)c1ccc(-c2ccccc2)cc1. The molecule has 5 heteroatoms. The van der Waals surface area contributed by atoms with Crippen molar-refractivity contribution in [2.24, 2.45) is 0 Å². The molecule has 200 valence electrons. The number of aliphatic hydroxyl groups excluding tert-OH is 1. The second-order valence-corrected chi connectivity index (χ2v) is 9.28. The third-order valence-corrected chi connectivity index (χ3v) is 6.34. The molecular weight excluding hydrogens is 486 g/mol. The van der Waals surface area contributed by atoms with Gasteiger partial charge in [-0.05, 0) is 54.2 Å². The summed E-state index contributed by atoms with van der Waals surface area (Å²) in [6.07, 6.45) is 2.42. The lowest BCUT2D eigenvalue weighted by Gasteiger charge is -2.24. The van der Waals surface area contributed by atoms with Gasteiger partial charge in [-0.15, -0.1) is 0 Å². The van der Waals surface area contributed by atoms with Crippen LogP contribution in [0.5, 0.6) is 5.75 Å². The summed E-state index contributed by atoms with van der Waals surface area (Å²) in [7, 11) is 0. The van der Waals surface area contributed by atoms with E-state index in [4.69, 9.17) is 9.84 Å². The van der Waals surface area contributed by atoms with Crippen LogP contribution in [0.25, 0.3) is 11.1 Å². The Kier molecular flexibility index (Phi) is 9.42. The second-order valence-electron chi connectivity index (χ2n) is 9.28. The van der Waals surface area contributed by atoms with Crippen molar-refractivity contribution in [3.63, 3.8) is 0 Å². The van der Waals surface area contributed by atoms with Crippen LogP contribution in [0, 0.1) is 0 Å². The van der Waals surface area contributed by atoms with Gasteiger partial charge in [-0.1, -0.05) is 91.0 Å². The summed E-state index contributed by atoms with van der Waals surface area (Å²) in [5, 5.41) is 8.86. The number of para-hydroxylation sites is 1. The molecule has 4 aromatic carbocycles. The number of nitrogens with zero attached hydrogens (tertiary/aromatic N) is 1. The number of amides is 1.